The molecule has 2 unspecified atom stereocenters. The average molecular weight is 609 g/mol. The molecule has 2 aromatic carbocycles. The first-order valence-electron chi connectivity index (χ1n) is 12.5. The summed E-state index contributed by atoms with van der Waals surface area (Å²) in [5, 5.41) is 0. The first-order chi connectivity index (χ1) is 14.5. The van der Waals surface area contributed by atoms with E-state index in [0.717, 1.165) is 0 Å². The van der Waals surface area contributed by atoms with Gasteiger partial charge in [-0.15, -0.1) is 0 Å². The van der Waals surface area contributed by atoms with Crippen LogP contribution in [0.3, 0.4) is 0 Å². The Hall–Kier alpha value is -0.443. The summed E-state index contributed by atoms with van der Waals surface area (Å²) < 4.78 is 11.8. The van der Waals surface area contributed by atoms with Gasteiger partial charge in [0.2, 0.25) is 0 Å². The molecule has 2 atom stereocenters. The molecule has 0 nitrogen and oxygen atoms in total. The Morgan fingerprint density at radius 1 is 0.824 bits per heavy atom. The van der Waals surface area contributed by atoms with Gasteiger partial charge in [-0.05, 0) is 0 Å². The van der Waals surface area contributed by atoms with Gasteiger partial charge in [-0.3, -0.25) is 0 Å². The number of benzene rings is 2. The van der Waals surface area contributed by atoms with Gasteiger partial charge in [0, 0.05) is 0 Å². The van der Waals surface area contributed by atoms with Crippen LogP contribution < -0.4 is 24.8 Å². The number of unbranched alkanes of at least 4 members (excludes halogenated alkanes) is 1. The molecule has 2 aliphatic rings. The fourth-order valence-corrected chi connectivity index (χ4v) is 28.9. The summed E-state index contributed by atoms with van der Waals surface area (Å²) in [5.41, 5.74) is 8.58. The zero-order valence-corrected chi connectivity index (χ0v) is 28.7. The smallest absolute Gasteiger partial charge is 1.00 e. The number of hydrogen-bond donors (Lipinski definition) is 0. The van der Waals surface area contributed by atoms with Crippen molar-refractivity contribution in [2.75, 3.05) is 0 Å². The molecule has 0 spiro atoms. The van der Waals surface area contributed by atoms with E-state index in [0.29, 0.717) is 7.25 Å². The molecule has 34 heavy (non-hydrogen) atoms. The summed E-state index contributed by atoms with van der Waals surface area (Å²) in [5.74, 6) is 0. The molecule has 0 bridgehead atoms. The normalized spacial score (nSPS) is 23.3. The molecule has 0 saturated heterocycles. The standard InChI is InChI=1S/C16H13.C9H13.4CH3.2ClH.2H2Si.Zr/c1-12-6-2-3-9-14(12)16-11-5-8-13-7-4-10-15(13)16;1-2-3-6-9-7-4-5-8-9;;;;;;;;;/h2-11H,1H3;4-5,7-8H,2-3,6H2,1H3;4*1H3;2*1H;2*1H2;/p-2. The number of rotatable bonds is 6. The van der Waals surface area contributed by atoms with Crippen molar-refractivity contribution in [1.29, 1.82) is 0 Å². The van der Waals surface area contributed by atoms with Crippen molar-refractivity contribution in [1.82, 2.24) is 0 Å². The van der Waals surface area contributed by atoms with Crippen molar-refractivity contribution in [2.24, 2.45) is 0 Å². The fourth-order valence-electron chi connectivity index (χ4n) is 6.35. The number of allylic oxidation sites excluding steroid dienone is 5. The molecule has 5 heteroatoms. The third-order valence-corrected chi connectivity index (χ3v) is 40.8. The number of hydrogen-bond acceptors (Lipinski definition) is 0. The van der Waals surface area contributed by atoms with Crippen LogP contribution in [-0.2, 0) is 11.6 Å². The quantitative estimate of drug-likeness (QED) is 0.439. The third-order valence-electron chi connectivity index (χ3n) is 8.96. The van der Waals surface area contributed by atoms with E-state index in [2.05, 4.69) is 119 Å². The maximum absolute atomic E-state index is 4.81. The fraction of sp³-hybridized carbons (Fsp3) is 0.379. The Kier molecular flexibility index (Phi) is 6.41. The Labute approximate surface area is 213 Å². The Balaban J connectivity index is 0.00000204. The van der Waals surface area contributed by atoms with E-state index in [9.17, 15) is 0 Å². The van der Waals surface area contributed by atoms with Crippen LogP contribution in [0.1, 0.15) is 46.5 Å². The van der Waals surface area contributed by atoms with Crippen molar-refractivity contribution in [2.45, 2.75) is 58.9 Å². The SMILES string of the molecule is CCCCC1=C[CH]([Zr]([CH3])([CH3])([CH3])([CH3])(=[SiH2])(=[SiH2])[CH]2C=Cc3c(-c4ccccc4C)cccc32)C=C1.[Cl-].[Cl-]. The molecule has 0 aliphatic heterocycles. The van der Waals surface area contributed by atoms with Gasteiger partial charge in [-0.1, -0.05) is 0 Å². The van der Waals surface area contributed by atoms with Crippen molar-refractivity contribution < 1.29 is 36.4 Å². The molecular weight excluding hydrogens is 567 g/mol. The van der Waals surface area contributed by atoms with Crippen LogP contribution in [0.5, 0.6) is 0 Å². The van der Waals surface area contributed by atoms with E-state index in [4.69, 9.17) is 0 Å². The maximum Gasteiger partial charge on any atom is -1.00 e. The third kappa shape index (κ3) is 4.77. The molecule has 0 N–H and O–H groups in total. The molecule has 0 radical (unpaired) electrons. The Morgan fingerprint density at radius 2 is 1.47 bits per heavy atom. The van der Waals surface area contributed by atoms with Gasteiger partial charge >= 0.3 is 190 Å². The minimum Gasteiger partial charge on any atom is -1.00 e. The van der Waals surface area contributed by atoms with Crippen LogP contribution in [-0.4, -0.2) is 13.8 Å². The first-order valence-corrected chi connectivity index (χ1v) is 37.0. The van der Waals surface area contributed by atoms with E-state index in [1.54, 1.807) is 5.57 Å². The van der Waals surface area contributed by atoms with E-state index >= 15 is 0 Å². The average Bonchev–Trinajstić information content (AvgIpc) is 3.34. The minimum absolute atomic E-state index is 0. The second-order valence-electron chi connectivity index (χ2n) is 16.6. The largest absolute Gasteiger partial charge is 1.00 e. The van der Waals surface area contributed by atoms with Crippen LogP contribution in [0.25, 0.3) is 17.2 Å². The maximum atomic E-state index is 2.72. The van der Waals surface area contributed by atoms with Gasteiger partial charge in [-0.2, -0.15) is 0 Å². The summed E-state index contributed by atoms with van der Waals surface area (Å²) in [7, 11) is 0. The topological polar surface area (TPSA) is 0 Å². The molecule has 0 amide bonds. The summed E-state index contributed by atoms with van der Waals surface area (Å²) >= 11 is -4.81. The predicted octanol–water partition coefficient (Wildman–Crippen LogP) is 1.80. The van der Waals surface area contributed by atoms with Crippen LogP contribution in [0, 0.1) is 6.92 Å². The molecule has 0 fully saturated rings. The van der Waals surface area contributed by atoms with Crippen LogP contribution in [0.2, 0.25) is 22.2 Å². The van der Waals surface area contributed by atoms with Crippen LogP contribution in [0.4, 0.5) is 0 Å². The molecule has 2 aliphatic carbocycles. The molecule has 0 saturated carbocycles. The van der Waals surface area contributed by atoms with Gasteiger partial charge in [0.15, 0.2) is 0 Å². The second kappa shape index (κ2) is 7.32. The number of halogens is 2. The molecular formula is C29H42Cl2Si2Zr-2. The molecule has 0 heterocycles. The van der Waals surface area contributed by atoms with Crippen LogP contribution >= 0.6 is 0 Å². The zero-order valence-electron chi connectivity index (χ0n) is 21.9. The number of aryl methyl sites for hydroxylation is 1. The van der Waals surface area contributed by atoms with Gasteiger partial charge in [0.1, 0.15) is 0 Å². The van der Waals surface area contributed by atoms with Gasteiger partial charge in [-0.25, -0.2) is 0 Å². The van der Waals surface area contributed by atoms with E-state index in [-0.39, 0.29) is 24.8 Å². The van der Waals surface area contributed by atoms with Gasteiger partial charge in [0.25, 0.3) is 0 Å². The monoisotopic (exact) mass is 606 g/mol. The summed E-state index contributed by atoms with van der Waals surface area (Å²) in [6.07, 6.45) is 16.4. The number of fused-ring (bicyclic) bond motifs is 1. The Bertz CT molecular complexity index is 1490. The Morgan fingerprint density at radius 3 is 2.12 bits per heavy atom. The van der Waals surface area contributed by atoms with Crippen molar-refractivity contribution >= 4 is 19.8 Å². The molecule has 186 valence electrons. The van der Waals surface area contributed by atoms with Gasteiger partial charge < -0.3 is 24.8 Å². The van der Waals surface area contributed by atoms with Crippen molar-refractivity contribution in [3.8, 4) is 11.1 Å². The van der Waals surface area contributed by atoms with E-state index < -0.39 is 11.6 Å². The van der Waals surface area contributed by atoms with Crippen molar-refractivity contribution in [3.05, 3.63) is 89.0 Å². The van der Waals surface area contributed by atoms with E-state index in [1.165, 1.54) is 47.1 Å². The molecule has 4 rings (SSSR count). The van der Waals surface area contributed by atoms with Gasteiger partial charge in [0.05, 0.1) is 0 Å². The van der Waals surface area contributed by atoms with Crippen molar-refractivity contribution in [3.63, 3.8) is 0 Å². The van der Waals surface area contributed by atoms with Crippen LogP contribution in [0.15, 0.2) is 72.3 Å². The summed E-state index contributed by atoms with van der Waals surface area (Å²) in [4.78, 5) is 0. The summed E-state index contributed by atoms with van der Waals surface area (Å²) in [6.45, 7) is 9.33. The minimum atomic E-state index is -4.81. The predicted molar refractivity (Wildman–Crippen MR) is 149 cm³/mol. The zero-order chi connectivity index (χ0) is 23.6. The molecule has 0 aromatic heterocycles. The van der Waals surface area contributed by atoms with E-state index in [1.807, 2.05) is 0 Å². The summed E-state index contributed by atoms with van der Waals surface area (Å²) in [6, 6.07) is 15.8. The first kappa shape index (κ1) is 29.8. The molecule has 2 aromatic rings. The second-order valence-corrected chi connectivity index (χ2v) is 121.